The predicted octanol–water partition coefficient (Wildman–Crippen LogP) is 3.32. The SMILES string of the molecule is C=C([B]C)CC(CC)C(C)C. The molecule has 0 saturated carbocycles. The second-order valence-electron chi connectivity index (χ2n) is 3.56. The van der Waals surface area contributed by atoms with Gasteiger partial charge in [0.2, 0.25) is 0 Å². The monoisotopic (exact) mass is 151 g/mol. The molecule has 0 nitrogen and oxygen atoms in total. The molecule has 0 bridgehead atoms. The third kappa shape index (κ3) is 4.29. The quantitative estimate of drug-likeness (QED) is 0.528. The van der Waals surface area contributed by atoms with Crippen LogP contribution in [-0.2, 0) is 0 Å². The molecule has 0 aliphatic carbocycles. The topological polar surface area (TPSA) is 0 Å². The van der Waals surface area contributed by atoms with Gasteiger partial charge in [-0.2, -0.15) is 0 Å². The van der Waals surface area contributed by atoms with Crippen LogP contribution in [0.2, 0.25) is 6.82 Å². The van der Waals surface area contributed by atoms with Crippen LogP contribution in [0.1, 0.15) is 33.6 Å². The Bertz CT molecular complexity index is 116. The van der Waals surface area contributed by atoms with Crippen LogP contribution in [0.3, 0.4) is 0 Å². The zero-order chi connectivity index (χ0) is 8.85. The minimum Gasteiger partial charge on any atom is -0.116 e. The smallest absolute Gasteiger partial charge is 0.116 e. The van der Waals surface area contributed by atoms with Crippen molar-refractivity contribution < 1.29 is 0 Å². The van der Waals surface area contributed by atoms with E-state index in [9.17, 15) is 0 Å². The molecular formula is C10H20B. The van der Waals surface area contributed by atoms with E-state index in [0.29, 0.717) is 0 Å². The molecule has 0 amide bonds. The van der Waals surface area contributed by atoms with Crippen LogP contribution in [0.15, 0.2) is 12.1 Å². The highest BCUT2D eigenvalue weighted by atomic mass is 14.1. The Balaban J connectivity index is 3.78. The molecule has 0 N–H and O–H groups in total. The van der Waals surface area contributed by atoms with Crippen molar-refractivity contribution in [2.45, 2.75) is 40.4 Å². The van der Waals surface area contributed by atoms with Crippen molar-refractivity contribution in [1.29, 1.82) is 0 Å². The number of allylic oxidation sites excluding steroid dienone is 1. The van der Waals surface area contributed by atoms with Crippen molar-refractivity contribution >= 4 is 7.28 Å². The van der Waals surface area contributed by atoms with Crippen LogP contribution in [0, 0.1) is 11.8 Å². The van der Waals surface area contributed by atoms with E-state index in [4.69, 9.17) is 0 Å². The Kier molecular flexibility index (Phi) is 5.36. The van der Waals surface area contributed by atoms with Crippen LogP contribution in [0.5, 0.6) is 0 Å². The Morgan fingerprint density at radius 2 is 2.00 bits per heavy atom. The number of hydrogen-bond donors (Lipinski definition) is 0. The highest BCUT2D eigenvalue weighted by Gasteiger charge is 2.11. The minimum absolute atomic E-state index is 0.789. The van der Waals surface area contributed by atoms with Crippen LogP contribution in [-0.4, -0.2) is 7.28 Å². The van der Waals surface area contributed by atoms with E-state index in [1.807, 2.05) is 0 Å². The fourth-order valence-corrected chi connectivity index (χ4v) is 1.31. The van der Waals surface area contributed by atoms with Gasteiger partial charge in [0.05, 0.1) is 0 Å². The number of rotatable bonds is 5. The standard InChI is InChI=1S/C10H20B/c1-6-10(8(2)3)7-9(4)11-5/h8,10H,4,6-7H2,1-3,5H3. The molecule has 0 saturated heterocycles. The molecule has 63 valence electrons. The highest BCUT2D eigenvalue weighted by Crippen LogP contribution is 2.21. The van der Waals surface area contributed by atoms with Gasteiger partial charge in [-0.15, -0.1) is 12.1 Å². The fraction of sp³-hybridized carbons (Fsp3) is 0.800. The van der Waals surface area contributed by atoms with Gasteiger partial charge < -0.3 is 0 Å². The summed E-state index contributed by atoms with van der Waals surface area (Å²) in [7, 11) is 2.12. The van der Waals surface area contributed by atoms with Crippen LogP contribution in [0.25, 0.3) is 0 Å². The van der Waals surface area contributed by atoms with Gasteiger partial charge in [0, 0.05) is 0 Å². The van der Waals surface area contributed by atoms with Crippen LogP contribution >= 0.6 is 0 Å². The molecule has 1 radical (unpaired) electrons. The van der Waals surface area contributed by atoms with Gasteiger partial charge in [0.1, 0.15) is 7.28 Å². The Hall–Kier alpha value is -0.195. The first-order valence-corrected chi connectivity index (χ1v) is 4.58. The summed E-state index contributed by atoms with van der Waals surface area (Å²) in [4.78, 5) is 0. The van der Waals surface area contributed by atoms with Crippen molar-refractivity contribution in [2.75, 3.05) is 0 Å². The zero-order valence-corrected chi connectivity index (χ0v) is 8.35. The van der Waals surface area contributed by atoms with Crippen molar-refractivity contribution in [2.24, 2.45) is 11.8 Å². The first-order chi connectivity index (χ1) is 5.11. The molecule has 0 rings (SSSR count). The first kappa shape index (κ1) is 10.8. The lowest BCUT2D eigenvalue weighted by Crippen LogP contribution is -2.09. The molecule has 0 aromatic carbocycles. The van der Waals surface area contributed by atoms with Crippen molar-refractivity contribution in [3.63, 3.8) is 0 Å². The normalized spacial score (nSPS) is 13.2. The number of hydrogen-bond acceptors (Lipinski definition) is 0. The lowest BCUT2D eigenvalue weighted by atomic mass is 9.68. The molecular weight excluding hydrogens is 131 g/mol. The summed E-state index contributed by atoms with van der Waals surface area (Å²) in [6.07, 6.45) is 2.44. The van der Waals surface area contributed by atoms with Crippen LogP contribution < -0.4 is 0 Å². The van der Waals surface area contributed by atoms with E-state index in [0.717, 1.165) is 11.8 Å². The maximum Gasteiger partial charge on any atom is 0.141 e. The van der Waals surface area contributed by atoms with Gasteiger partial charge >= 0.3 is 0 Å². The van der Waals surface area contributed by atoms with Crippen molar-refractivity contribution in [3.8, 4) is 0 Å². The summed E-state index contributed by atoms with van der Waals surface area (Å²) in [5, 5.41) is 0. The molecule has 0 aromatic rings. The molecule has 0 aromatic heterocycles. The summed E-state index contributed by atoms with van der Waals surface area (Å²) in [5.41, 5.74) is 1.28. The lowest BCUT2D eigenvalue weighted by Gasteiger charge is -2.19. The highest BCUT2D eigenvalue weighted by molar-refractivity contribution is 6.43. The average molecular weight is 151 g/mol. The van der Waals surface area contributed by atoms with Gasteiger partial charge in [-0.25, -0.2) is 0 Å². The van der Waals surface area contributed by atoms with Gasteiger partial charge in [-0.1, -0.05) is 34.0 Å². The van der Waals surface area contributed by atoms with E-state index in [1.54, 1.807) is 0 Å². The van der Waals surface area contributed by atoms with E-state index in [2.05, 4.69) is 41.5 Å². The minimum atomic E-state index is 0.789. The molecule has 0 aliphatic rings. The van der Waals surface area contributed by atoms with E-state index >= 15 is 0 Å². The molecule has 11 heavy (non-hydrogen) atoms. The zero-order valence-electron chi connectivity index (χ0n) is 8.35. The van der Waals surface area contributed by atoms with Gasteiger partial charge in [-0.3, -0.25) is 0 Å². The Labute approximate surface area is 72.3 Å². The summed E-state index contributed by atoms with van der Waals surface area (Å²) >= 11 is 0. The molecule has 1 heteroatoms. The summed E-state index contributed by atoms with van der Waals surface area (Å²) in [6, 6.07) is 0. The molecule has 1 atom stereocenters. The lowest BCUT2D eigenvalue weighted by molar-refractivity contribution is 0.374. The maximum atomic E-state index is 3.99. The Morgan fingerprint density at radius 3 is 2.27 bits per heavy atom. The molecule has 0 spiro atoms. The molecule has 0 heterocycles. The van der Waals surface area contributed by atoms with Crippen molar-refractivity contribution in [3.05, 3.63) is 12.1 Å². The van der Waals surface area contributed by atoms with Crippen molar-refractivity contribution in [1.82, 2.24) is 0 Å². The largest absolute Gasteiger partial charge is 0.141 e. The molecule has 0 fully saturated rings. The van der Waals surface area contributed by atoms with E-state index in [1.165, 1.54) is 18.3 Å². The predicted molar refractivity (Wildman–Crippen MR) is 54.0 cm³/mol. The summed E-state index contributed by atoms with van der Waals surface area (Å²) in [6.45, 7) is 12.9. The van der Waals surface area contributed by atoms with Gasteiger partial charge in [0.15, 0.2) is 0 Å². The van der Waals surface area contributed by atoms with E-state index in [-0.39, 0.29) is 0 Å². The fourth-order valence-electron chi connectivity index (χ4n) is 1.31. The second kappa shape index (κ2) is 5.45. The van der Waals surface area contributed by atoms with Gasteiger partial charge in [0.25, 0.3) is 0 Å². The first-order valence-electron chi connectivity index (χ1n) is 4.58. The third-order valence-electron chi connectivity index (χ3n) is 2.40. The van der Waals surface area contributed by atoms with Gasteiger partial charge in [-0.05, 0) is 18.3 Å². The average Bonchev–Trinajstić information content (AvgIpc) is 1.99. The summed E-state index contributed by atoms with van der Waals surface area (Å²) in [5.74, 6) is 1.61. The van der Waals surface area contributed by atoms with Crippen LogP contribution in [0.4, 0.5) is 0 Å². The third-order valence-corrected chi connectivity index (χ3v) is 2.40. The molecule has 1 unspecified atom stereocenters. The second-order valence-corrected chi connectivity index (χ2v) is 3.56. The maximum absolute atomic E-state index is 3.99. The summed E-state index contributed by atoms with van der Waals surface area (Å²) < 4.78 is 0. The van der Waals surface area contributed by atoms with E-state index < -0.39 is 0 Å². The molecule has 0 aliphatic heterocycles. The Morgan fingerprint density at radius 1 is 1.45 bits per heavy atom.